The number of terminal acetylenes is 1. The zero-order valence-corrected chi connectivity index (χ0v) is 10.3. The summed E-state index contributed by atoms with van der Waals surface area (Å²) in [6.07, 6.45) is 6.13. The standard InChI is InChI=1S/C10H14ClN5/c1-5-7(6-2)12-9-13-8(11)14-10(15-9)16(3)4/h1,7H,6H2,2-4H3,(H,12,13,14,15). The highest BCUT2D eigenvalue weighted by Crippen LogP contribution is 2.12. The van der Waals surface area contributed by atoms with Crippen LogP contribution < -0.4 is 10.2 Å². The summed E-state index contributed by atoms with van der Waals surface area (Å²) in [4.78, 5) is 13.9. The molecule has 1 heterocycles. The van der Waals surface area contributed by atoms with E-state index in [1.165, 1.54) is 0 Å². The first-order valence-electron chi connectivity index (χ1n) is 4.88. The van der Waals surface area contributed by atoms with Gasteiger partial charge >= 0.3 is 0 Å². The molecule has 0 fully saturated rings. The third kappa shape index (κ3) is 3.24. The second-order valence-corrected chi connectivity index (χ2v) is 3.73. The first kappa shape index (κ1) is 12.5. The van der Waals surface area contributed by atoms with Crippen LogP contribution in [0.2, 0.25) is 5.28 Å². The van der Waals surface area contributed by atoms with E-state index < -0.39 is 0 Å². The molecule has 0 aliphatic rings. The van der Waals surface area contributed by atoms with Crippen molar-refractivity contribution in [2.24, 2.45) is 0 Å². The SMILES string of the molecule is C#CC(CC)Nc1nc(Cl)nc(N(C)C)n1. The van der Waals surface area contributed by atoms with Crippen molar-refractivity contribution in [3.8, 4) is 12.3 Å². The van der Waals surface area contributed by atoms with Crippen molar-refractivity contribution in [3.63, 3.8) is 0 Å². The van der Waals surface area contributed by atoms with Gasteiger partial charge in [0, 0.05) is 14.1 Å². The van der Waals surface area contributed by atoms with Gasteiger partial charge in [-0.05, 0) is 18.0 Å². The molecular formula is C10H14ClN5. The first-order valence-corrected chi connectivity index (χ1v) is 5.26. The van der Waals surface area contributed by atoms with E-state index in [9.17, 15) is 0 Å². The summed E-state index contributed by atoms with van der Waals surface area (Å²) in [5.41, 5.74) is 0. The lowest BCUT2D eigenvalue weighted by atomic mass is 10.2. The van der Waals surface area contributed by atoms with Crippen LogP contribution in [0.5, 0.6) is 0 Å². The number of hydrogen-bond donors (Lipinski definition) is 1. The smallest absolute Gasteiger partial charge is 0.230 e. The first-order chi connectivity index (χ1) is 7.56. The summed E-state index contributed by atoms with van der Waals surface area (Å²) in [5, 5.41) is 3.15. The third-order valence-corrected chi connectivity index (χ3v) is 2.08. The van der Waals surface area contributed by atoms with E-state index in [-0.39, 0.29) is 11.3 Å². The van der Waals surface area contributed by atoms with Crippen LogP contribution in [0.25, 0.3) is 0 Å². The molecule has 5 nitrogen and oxygen atoms in total. The second kappa shape index (κ2) is 5.52. The van der Waals surface area contributed by atoms with Crippen molar-refractivity contribution >= 4 is 23.5 Å². The Morgan fingerprint density at radius 3 is 2.62 bits per heavy atom. The van der Waals surface area contributed by atoms with Crippen LogP contribution in [0.3, 0.4) is 0 Å². The summed E-state index contributed by atoms with van der Waals surface area (Å²) in [5.74, 6) is 3.49. The van der Waals surface area contributed by atoms with Crippen LogP contribution in [-0.4, -0.2) is 35.1 Å². The van der Waals surface area contributed by atoms with E-state index in [0.717, 1.165) is 6.42 Å². The molecule has 0 bridgehead atoms. The number of nitrogens with one attached hydrogen (secondary N) is 1. The molecule has 0 amide bonds. The van der Waals surface area contributed by atoms with Gasteiger partial charge in [0.25, 0.3) is 0 Å². The summed E-state index contributed by atoms with van der Waals surface area (Å²) < 4.78 is 0. The topological polar surface area (TPSA) is 53.9 Å². The molecule has 1 aromatic rings. The summed E-state index contributed by atoms with van der Waals surface area (Å²) in [6.45, 7) is 1.98. The Labute approximate surface area is 100 Å². The summed E-state index contributed by atoms with van der Waals surface area (Å²) in [6, 6.07) is -0.103. The predicted octanol–water partition coefficient (Wildman–Crippen LogP) is 1.41. The average Bonchev–Trinajstić information content (AvgIpc) is 2.25. The van der Waals surface area contributed by atoms with Crippen molar-refractivity contribution in [2.45, 2.75) is 19.4 Å². The molecule has 16 heavy (non-hydrogen) atoms. The number of anilines is 2. The van der Waals surface area contributed by atoms with E-state index in [0.29, 0.717) is 11.9 Å². The highest BCUT2D eigenvalue weighted by molar-refractivity contribution is 6.28. The highest BCUT2D eigenvalue weighted by Gasteiger charge is 2.09. The maximum atomic E-state index is 5.78. The average molecular weight is 240 g/mol. The number of halogens is 1. The molecule has 1 atom stereocenters. The van der Waals surface area contributed by atoms with Gasteiger partial charge in [-0.25, -0.2) is 0 Å². The number of aromatic nitrogens is 3. The Hall–Kier alpha value is -1.54. The van der Waals surface area contributed by atoms with Gasteiger partial charge in [0.2, 0.25) is 17.2 Å². The zero-order valence-electron chi connectivity index (χ0n) is 9.53. The minimum absolute atomic E-state index is 0.103. The third-order valence-electron chi connectivity index (χ3n) is 1.91. The van der Waals surface area contributed by atoms with Crippen LogP contribution in [0.15, 0.2) is 0 Å². The molecule has 0 saturated heterocycles. The van der Waals surface area contributed by atoms with Crippen LogP contribution in [0.1, 0.15) is 13.3 Å². The Kier molecular flexibility index (Phi) is 4.32. The second-order valence-electron chi connectivity index (χ2n) is 3.39. The molecule has 0 aliphatic heterocycles. The van der Waals surface area contributed by atoms with Gasteiger partial charge < -0.3 is 10.2 Å². The maximum absolute atomic E-state index is 5.78. The Morgan fingerprint density at radius 2 is 2.12 bits per heavy atom. The van der Waals surface area contributed by atoms with Gasteiger partial charge in [-0.2, -0.15) is 15.0 Å². The fourth-order valence-electron chi connectivity index (χ4n) is 1.02. The molecule has 1 N–H and O–H groups in total. The molecule has 0 radical (unpaired) electrons. The fourth-order valence-corrected chi connectivity index (χ4v) is 1.18. The lowest BCUT2D eigenvalue weighted by Gasteiger charge is -2.14. The minimum Gasteiger partial charge on any atom is -0.347 e. The van der Waals surface area contributed by atoms with Crippen molar-refractivity contribution in [2.75, 3.05) is 24.3 Å². The Bertz CT molecular complexity index is 399. The zero-order chi connectivity index (χ0) is 12.1. The molecule has 1 unspecified atom stereocenters. The monoisotopic (exact) mass is 239 g/mol. The lowest BCUT2D eigenvalue weighted by Crippen LogP contribution is -2.20. The molecule has 1 rings (SSSR count). The highest BCUT2D eigenvalue weighted by atomic mass is 35.5. The molecule has 86 valence electrons. The van der Waals surface area contributed by atoms with Crippen LogP contribution in [0.4, 0.5) is 11.9 Å². The van der Waals surface area contributed by atoms with Crippen molar-refractivity contribution in [1.29, 1.82) is 0 Å². The van der Waals surface area contributed by atoms with Crippen LogP contribution >= 0.6 is 11.6 Å². The molecular weight excluding hydrogens is 226 g/mol. The van der Waals surface area contributed by atoms with Crippen LogP contribution in [-0.2, 0) is 0 Å². The predicted molar refractivity (Wildman–Crippen MR) is 65.7 cm³/mol. The van der Waals surface area contributed by atoms with E-state index in [1.807, 2.05) is 21.0 Å². The van der Waals surface area contributed by atoms with Gasteiger partial charge in [0.15, 0.2) is 0 Å². The van der Waals surface area contributed by atoms with E-state index in [1.54, 1.807) is 4.90 Å². The molecule has 0 aliphatic carbocycles. The molecule has 6 heteroatoms. The van der Waals surface area contributed by atoms with Gasteiger partial charge in [0.05, 0.1) is 6.04 Å². The van der Waals surface area contributed by atoms with Gasteiger partial charge in [-0.1, -0.05) is 12.8 Å². The van der Waals surface area contributed by atoms with Crippen molar-refractivity contribution in [1.82, 2.24) is 15.0 Å². The Morgan fingerprint density at radius 1 is 1.44 bits per heavy atom. The number of hydrogen-bond acceptors (Lipinski definition) is 5. The van der Waals surface area contributed by atoms with Gasteiger partial charge in [0.1, 0.15) is 0 Å². The van der Waals surface area contributed by atoms with E-state index in [2.05, 4.69) is 26.2 Å². The maximum Gasteiger partial charge on any atom is 0.230 e. The summed E-state index contributed by atoms with van der Waals surface area (Å²) in [7, 11) is 3.65. The van der Waals surface area contributed by atoms with Gasteiger partial charge in [-0.3, -0.25) is 0 Å². The Balaban J connectivity index is 2.93. The van der Waals surface area contributed by atoms with E-state index in [4.69, 9.17) is 18.0 Å². The quantitative estimate of drug-likeness (QED) is 0.806. The normalized spacial score (nSPS) is 11.7. The molecule has 1 aromatic heterocycles. The minimum atomic E-state index is -0.103. The molecule has 0 saturated carbocycles. The lowest BCUT2D eigenvalue weighted by molar-refractivity contribution is 0.832. The number of nitrogens with zero attached hydrogens (tertiary/aromatic N) is 4. The van der Waals surface area contributed by atoms with Crippen molar-refractivity contribution in [3.05, 3.63) is 5.28 Å². The van der Waals surface area contributed by atoms with Crippen LogP contribution in [0, 0.1) is 12.3 Å². The molecule has 0 aromatic carbocycles. The van der Waals surface area contributed by atoms with Gasteiger partial charge in [-0.15, -0.1) is 6.42 Å². The van der Waals surface area contributed by atoms with E-state index >= 15 is 0 Å². The summed E-state index contributed by atoms with van der Waals surface area (Å²) >= 11 is 5.78. The van der Waals surface area contributed by atoms with Crippen molar-refractivity contribution < 1.29 is 0 Å². The number of rotatable bonds is 4. The molecule has 0 spiro atoms. The largest absolute Gasteiger partial charge is 0.347 e. The fraction of sp³-hybridized carbons (Fsp3) is 0.500.